The minimum Gasteiger partial charge on any atom is -0.287 e. The van der Waals surface area contributed by atoms with Gasteiger partial charge < -0.3 is 0 Å². The third-order valence-corrected chi connectivity index (χ3v) is 2.48. The Kier molecular flexibility index (Phi) is 1.96. The van der Waals surface area contributed by atoms with E-state index < -0.39 is 0 Å². The fourth-order valence-electron chi connectivity index (χ4n) is 1.39. The van der Waals surface area contributed by atoms with Gasteiger partial charge in [-0.15, -0.1) is 0 Å². The number of benzene rings is 1. The van der Waals surface area contributed by atoms with Gasteiger partial charge in [0, 0.05) is 23.0 Å². The van der Waals surface area contributed by atoms with Gasteiger partial charge in [0.1, 0.15) is 0 Å². The van der Waals surface area contributed by atoms with Crippen LogP contribution in [0.15, 0.2) is 34.9 Å². The molecule has 0 bridgehead atoms. The van der Waals surface area contributed by atoms with Gasteiger partial charge in [-0.2, -0.15) is 0 Å². The Hall–Kier alpha value is -1.09. The quantitative estimate of drug-likeness (QED) is 0.691. The van der Waals surface area contributed by atoms with Crippen LogP contribution >= 0.6 is 15.9 Å². The highest BCUT2D eigenvalue weighted by Gasteiger charge is 2.03. The molecule has 0 aliphatic carbocycles. The van der Waals surface area contributed by atoms with Gasteiger partial charge in [-0.3, -0.25) is 9.36 Å². The smallest absolute Gasteiger partial charge is 0.227 e. The molecule has 0 fully saturated rings. The van der Waals surface area contributed by atoms with Gasteiger partial charge in [0.25, 0.3) is 0 Å². The van der Waals surface area contributed by atoms with E-state index in [9.17, 15) is 4.79 Å². The van der Waals surface area contributed by atoms with Crippen LogP contribution in [0, 0.1) is 0 Å². The first kappa shape index (κ1) is 8.51. The molecule has 1 heterocycles. The van der Waals surface area contributed by atoms with Crippen LogP contribution in [-0.4, -0.2) is 10.5 Å². The lowest BCUT2D eigenvalue weighted by Gasteiger charge is -1.98. The molecule has 1 aromatic carbocycles. The third kappa shape index (κ3) is 1.40. The maximum absolute atomic E-state index is 11.2. The number of rotatable bonds is 0. The Morgan fingerprint density at radius 1 is 1.38 bits per heavy atom. The lowest BCUT2D eigenvalue weighted by Crippen LogP contribution is -2.02. The molecule has 0 N–H and O–H groups in total. The van der Waals surface area contributed by atoms with Gasteiger partial charge in [0.05, 0.1) is 5.52 Å². The highest BCUT2D eigenvalue weighted by atomic mass is 79.9. The van der Waals surface area contributed by atoms with Crippen LogP contribution in [0.3, 0.4) is 0 Å². The monoisotopic (exact) mass is 237 g/mol. The zero-order valence-electron chi connectivity index (χ0n) is 7.12. The molecule has 2 nitrogen and oxygen atoms in total. The SMILES string of the molecule is CC(=O)n1ccc2cc(Br)ccc21. The molecule has 0 amide bonds. The number of carbonyl (C=O) groups excluding carboxylic acids is 1. The highest BCUT2D eigenvalue weighted by Crippen LogP contribution is 2.20. The van der Waals surface area contributed by atoms with Crippen molar-refractivity contribution in [3.63, 3.8) is 0 Å². The van der Waals surface area contributed by atoms with Crippen LogP contribution < -0.4 is 0 Å². The van der Waals surface area contributed by atoms with Crippen molar-refractivity contribution in [1.82, 2.24) is 4.57 Å². The molecule has 0 aliphatic heterocycles. The van der Waals surface area contributed by atoms with Crippen molar-refractivity contribution in [3.8, 4) is 0 Å². The number of carbonyl (C=O) groups is 1. The molecule has 0 radical (unpaired) electrons. The largest absolute Gasteiger partial charge is 0.287 e. The van der Waals surface area contributed by atoms with Crippen molar-refractivity contribution in [1.29, 1.82) is 0 Å². The fourth-order valence-corrected chi connectivity index (χ4v) is 1.77. The van der Waals surface area contributed by atoms with E-state index in [4.69, 9.17) is 0 Å². The topological polar surface area (TPSA) is 22.0 Å². The van der Waals surface area contributed by atoms with Gasteiger partial charge in [0.2, 0.25) is 5.91 Å². The van der Waals surface area contributed by atoms with E-state index in [0.717, 1.165) is 15.4 Å². The van der Waals surface area contributed by atoms with Crippen molar-refractivity contribution in [3.05, 3.63) is 34.9 Å². The second kappa shape index (κ2) is 3.00. The summed E-state index contributed by atoms with van der Waals surface area (Å²) in [4.78, 5) is 11.2. The first-order valence-corrected chi connectivity index (χ1v) is 4.75. The van der Waals surface area contributed by atoms with Gasteiger partial charge >= 0.3 is 0 Å². The maximum Gasteiger partial charge on any atom is 0.227 e. The molecule has 13 heavy (non-hydrogen) atoms. The van der Waals surface area contributed by atoms with E-state index >= 15 is 0 Å². The molecule has 66 valence electrons. The highest BCUT2D eigenvalue weighted by molar-refractivity contribution is 9.10. The van der Waals surface area contributed by atoms with Crippen molar-refractivity contribution in [2.45, 2.75) is 6.92 Å². The van der Waals surface area contributed by atoms with Crippen molar-refractivity contribution in [2.24, 2.45) is 0 Å². The summed E-state index contributed by atoms with van der Waals surface area (Å²) in [5.74, 6) is 0.0392. The average Bonchev–Trinajstić information content (AvgIpc) is 2.46. The van der Waals surface area contributed by atoms with Crippen molar-refractivity contribution < 1.29 is 4.79 Å². The van der Waals surface area contributed by atoms with Gasteiger partial charge in [-0.25, -0.2) is 0 Å². The van der Waals surface area contributed by atoms with E-state index in [0.29, 0.717) is 0 Å². The maximum atomic E-state index is 11.2. The molecule has 2 aromatic rings. The van der Waals surface area contributed by atoms with Crippen LogP contribution in [-0.2, 0) is 0 Å². The molecule has 0 saturated heterocycles. The number of fused-ring (bicyclic) bond motifs is 1. The normalized spacial score (nSPS) is 10.6. The Balaban J connectivity index is 2.76. The average molecular weight is 238 g/mol. The minimum absolute atomic E-state index is 0.0392. The number of hydrogen-bond acceptors (Lipinski definition) is 1. The lowest BCUT2D eigenvalue weighted by atomic mass is 10.2. The van der Waals surface area contributed by atoms with Crippen LogP contribution in [0.5, 0.6) is 0 Å². The predicted octanol–water partition coefficient (Wildman–Crippen LogP) is 3.06. The number of aromatic nitrogens is 1. The first-order chi connectivity index (χ1) is 6.18. The fraction of sp³-hybridized carbons (Fsp3) is 0.100. The zero-order chi connectivity index (χ0) is 9.42. The Bertz CT molecular complexity index is 473. The van der Waals surface area contributed by atoms with Gasteiger partial charge in [-0.1, -0.05) is 15.9 Å². The van der Waals surface area contributed by atoms with Crippen LogP contribution in [0.2, 0.25) is 0 Å². The minimum atomic E-state index is 0.0392. The number of nitrogens with zero attached hydrogens (tertiary/aromatic N) is 1. The summed E-state index contributed by atoms with van der Waals surface area (Å²) >= 11 is 3.38. The molecule has 0 saturated carbocycles. The summed E-state index contributed by atoms with van der Waals surface area (Å²) in [6, 6.07) is 7.79. The molecular weight excluding hydrogens is 230 g/mol. The predicted molar refractivity (Wildman–Crippen MR) is 55.9 cm³/mol. The molecule has 1 aromatic heterocycles. The zero-order valence-corrected chi connectivity index (χ0v) is 8.71. The lowest BCUT2D eigenvalue weighted by molar-refractivity contribution is 0.0941. The van der Waals surface area contributed by atoms with E-state index in [1.54, 1.807) is 17.7 Å². The summed E-state index contributed by atoms with van der Waals surface area (Å²) in [7, 11) is 0. The van der Waals surface area contributed by atoms with Crippen molar-refractivity contribution in [2.75, 3.05) is 0 Å². The summed E-state index contributed by atoms with van der Waals surface area (Å²) in [5.41, 5.74) is 0.954. The van der Waals surface area contributed by atoms with Gasteiger partial charge in [0.15, 0.2) is 0 Å². The number of halogens is 1. The standard InChI is InChI=1S/C10H8BrNO/c1-7(13)12-5-4-8-6-9(11)2-3-10(8)12/h2-6H,1H3. The van der Waals surface area contributed by atoms with E-state index in [1.807, 2.05) is 24.3 Å². The molecular formula is C10H8BrNO. The van der Waals surface area contributed by atoms with Crippen LogP contribution in [0.4, 0.5) is 0 Å². The second-order valence-electron chi connectivity index (χ2n) is 2.91. The summed E-state index contributed by atoms with van der Waals surface area (Å²) < 4.78 is 2.67. The van der Waals surface area contributed by atoms with E-state index in [2.05, 4.69) is 15.9 Å². The Morgan fingerprint density at radius 3 is 2.85 bits per heavy atom. The molecule has 2 rings (SSSR count). The molecule has 0 atom stereocenters. The summed E-state index contributed by atoms with van der Waals surface area (Å²) in [6.45, 7) is 1.56. The molecule has 3 heteroatoms. The third-order valence-electron chi connectivity index (χ3n) is 1.99. The molecule has 0 unspecified atom stereocenters. The van der Waals surface area contributed by atoms with E-state index in [1.165, 1.54) is 0 Å². The van der Waals surface area contributed by atoms with E-state index in [-0.39, 0.29) is 5.91 Å². The van der Waals surface area contributed by atoms with Crippen molar-refractivity contribution >= 4 is 32.7 Å². The molecule has 0 aliphatic rings. The van der Waals surface area contributed by atoms with Crippen LogP contribution in [0.25, 0.3) is 10.9 Å². The van der Waals surface area contributed by atoms with Gasteiger partial charge in [-0.05, 0) is 24.3 Å². The Morgan fingerprint density at radius 2 is 2.15 bits per heavy atom. The summed E-state index contributed by atoms with van der Waals surface area (Å²) in [6.07, 6.45) is 1.79. The van der Waals surface area contributed by atoms with Crippen LogP contribution in [0.1, 0.15) is 11.7 Å². The number of hydrogen-bond donors (Lipinski definition) is 0. The molecule has 0 spiro atoms. The first-order valence-electron chi connectivity index (χ1n) is 3.96. The summed E-state index contributed by atoms with van der Waals surface area (Å²) in [5, 5.41) is 1.07. The second-order valence-corrected chi connectivity index (χ2v) is 3.82. The Labute approximate surface area is 84.3 Å².